The number of nitrogens with zero attached hydrogens (tertiary/aromatic N) is 2. The maximum Gasteiger partial charge on any atom is 0.273 e. The van der Waals surface area contributed by atoms with Crippen molar-refractivity contribution in [2.24, 2.45) is 0 Å². The molecule has 1 aliphatic carbocycles. The van der Waals surface area contributed by atoms with Crippen molar-refractivity contribution < 1.29 is 23.5 Å². The van der Waals surface area contributed by atoms with Crippen LogP contribution in [0, 0.1) is 5.82 Å². The van der Waals surface area contributed by atoms with Crippen LogP contribution in [0.2, 0.25) is 5.02 Å². The summed E-state index contributed by atoms with van der Waals surface area (Å²) in [6, 6.07) is 10.6. The predicted octanol–water partition coefficient (Wildman–Crippen LogP) is 5.26. The lowest BCUT2D eigenvalue weighted by molar-refractivity contribution is -0.123. The fraction of sp³-hybridized carbons (Fsp3) is 0.400. The molecule has 42 heavy (non-hydrogen) atoms. The highest BCUT2D eigenvalue weighted by Gasteiger charge is 2.37. The van der Waals surface area contributed by atoms with Crippen molar-refractivity contribution >= 4 is 52.2 Å². The molecule has 222 valence electrons. The van der Waals surface area contributed by atoms with E-state index >= 15 is 0 Å². The van der Waals surface area contributed by atoms with Gasteiger partial charge in [-0.15, -0.1) is 0 Å². The summed E-state index contributed by atoms with van der Waals surface area (Å²) in [5.74, 6) is -2.04. The van der Waals surface area contributed by atoms with Crippen LogP contribution >= 0.6 is 23.1 Å². The van der Waals surface area contributed by atoms with Gasteiger partial charge in [0, 0.05) is 29.9 Å². The van der Waals surface area contributed by atoms with Crippen LogP contribution < -0.4 is 21.3 Å². The van der Waals surface area contributed by atoms with E-state index in [-0.39, 0.29) is 34.9 Å². The third-order valence-corrected chi connectivity index (χ3v) is 8.72. The largest absolute Gasteiger partial charge is 0.395 e. The van der Waals surface area contributed by atoms with Crippen LogP contribution in [0.15, 0.2) is 48.5 Å². The minimum Gasteiger partial charge on any atom is -0.395 e. The summed E-state index contributed by atoms with van der Waals surface area (Å²) in [7, 11) is 0. The van der Waals surface area contributed by atoms with E-state index in [1.54, 1.807) is 24.3 Å². The molecule has 9 nitrogen and oxygen atoms in total. The molecule has 0 spiro atoms. The molecule has 5 rings (SSSR count). The van der Waals surface area contributed by atoms with Crippen molar-refractivity contribution in [3.8, 4) is 0 Å². The van der Waals surface area contributed by atoms with E-state index in [1.165, 1.54) is 29.2 Å². The lowest BCUT2D eigenvalue weighted by atomic mass is 9.95. The number of hydrogen-bond acceptors (Lipinski definition) is 7. The molecule has 0 unspecified atom stereocenters. The number of aromatic nitrogens is 1. The van der Waals surface area contributed by atoms with E-state index in [0.29, 0.717) is 22.9 Å². The van der Waals surface area contributed by atoms with Gasteiger partial charge in [-0.25, -0.2) is 4.39 Å². The average Bonchev–Trinajstić information content (AvgIpc) is 3.66. The number of anilines is 2. The van der Waals surface area contributed by atoms with Crippen LogP contribution in [0.3, 0.4) is 0 Å². The summed E-state index contributed by atoms with van der Waals surface area (Å²) in [5.41, 5.74) is 7.03. The summed E-state index contributed by atoms with van der Waals surface area (Å²) in [4.78, 5) is 42.5. The molecule has 0 radical (unpaired) electrons. The molecular weight excluding hydrogens is 581 g/mol. The number of carbonyl (C=O) groups is 3. The van der Waals surface area contributed by atoms with Crippen LogP contribution in [0.1, 0.15) is 76.7 Å². The maximum atomic E-state index is 14.3. The Bertz CT molecular complexity index is 1410. The molecule has 2 heterocycles. The summed E-state index contributed by atoms with van der Waals surface area (Å²) in [5, 5.41) is 6.33. The number of carbonyl (C=O) groups excluding carboxylic acids is 3. The first kappa shape index (κ1) is 29.9. The van der Waals surface area contributed by atoms with E-state index in [9.17, 15) is 18.8 Å². The van der Waals surface area contributed by atoms with Crippen molar-refractivity contribution in [1.82, 2.24) is 15.0 Å². The molecule has 3 amide bonds. The van der Waals surface area contributed by atoms with Crippen LogP contribution in [0.25, 0.3) is 0 Å². The molecule has 0 bridgehead atoms. The first-order valence-corrected chi connectivity index (χ1v) is 15.3. The second-order valence-corrected chi connectivity index (χ2v) is 11.8. The van der Waals surface area contributed by atoms with E-state index in [1.807, 2.05) is 0 Å². The SMILES string of the molecule is Nc1c(C(=O)NC2CCCCC2)nsc1C(=O)N(c1ccc(Cl)cc1)[C@@H](C(=O)NC[C@@H]1CCCO1)c1ccc(F)cc1. The number of rotatable bonds is 9. The molecule has 12 heteroatoms. The van der Waals surface area contributed by atoms with Gasteiger partial charge in [-0.2, -0.15) is 4.37 Å². The summed E-state index contributed by atoms with van der Waals surface area (Å²) in [6.45, 7) is 0.881. The molecule has 3 aromatic rings. The number of halogens is 2. The number of hydrogen-bond donors (Lipinski definition) is 3. The topological polar surface area (TPSA) is 127 Å². The third-order valence-electron chi connectivity index (χ3n) is 7.62. The van der Waals surface area contributed by atoms with Crippen LogP contribution in [0.4, 0.5) is 15.8 Å². The molecule has 1 saturated heterocycles. The van der Waals surface area contributed by atoms with Crippen molar-refractivity contribution in [2.75, 3.05) is 23.8 Å². The molecule has 2 aliphatic rings. The summed E-state index contributed by atoms with van der Waals surface area (Å²) < 4.78 is 23.8. The van der Waals surface area contributed by atoms with Gasteiger partial charge in [0.15, 0.2) is 5.69 Å². The summed E-state index contributed by atoms with van der Waals surface area (Å²) >= 11 is 6.94. The number of nitrogens with two attached hydrogens (primary N) is 1. The molecule has 2 atom stereocenters. The van der Waals surface area contributed by atoms with Gasteiger partial charge in [0.1, 0.15) is 16.7 Å². The fourth-order valence-electron chi connectivity index (χ4n) is 5.39. The van der Waals surface area contributed by atoms with Crippen molar-refractivity contribution in [3.05, 3.63) is 75.5 Å². The zero-order valence-corrected chi connectivity index (χ0v) is 24.6. The van der Waals surface area contributed by atoms with E-state index in [4.69, 9.17) is 22.1 Å². The first-order valence-electron chi connectivity index (χ1n) is 14.1. The minimum absolute atomic E-state index is 0.0118. The van der Waals surface area contributed by atoms with Crippen molar-refractivity contribution in [2.45, 2.75) is 63.1 Å². The monoisotopic (exact) mass is 613 g/mol. The summed E-state index contributed by atoms with van der Waals surface area (Å²) in [6.07, 6.45) is 6.56. The zero-order valence-electron chi connectivity index (χ0n) is 23.0. The molecule has 1 aromatic heterocycles. The quantitative estimate of drug-likeness (QED) is 0.302. The zero-order chi connectivity index (χ0) is 29.6. The van der Waals surface area contributed by atoms with Gasteiger partial charge in [0.05, 0.1) is 11.8 Å². The molecule has 4 N–H and O–H groups in total. The van der Waals surface area contributed by atoms with E-state index < -0.39 is 29.6 Å². The second kappa shape index (κ2) is 13.6. The Morgan fingerprint density at radius 1 is 1.05 bits per heavy atom. The van der Waals surface area contributed by atoms with E-state index in [0.717, 1.165) is 56.5 Å². The molecular formula is C30H33ClFN5O4S. The number of benzene rings is 2. The van der Waals surface area contributed by atoms with Gasteiger partial charge >= 0.3 is 0 Å². The minimum atomic E-state index is -1.21. The van der Waals surface area contributed by atoms with Gasteiger partial charge in [0.25, 0.3) is 11.8 Å². The predicted molar refractivity (Wildman–Crippen MR) is 160 cm³/mol. The van der Waals surface area contributed by atoms with Crippen LogP contribution in [0.5, 0.6) is 0 Å². The maximum absolute atomic E-state index is 14.3. The average molecular weight is 614 g/mol. The molecule has 1 aliphatic heterocycles. The molecule has 2 aromatic carbocycles. The van der Waals surface area contributed by atoms with E-state index in [2.05, 4.69) is 15.0 Å². The van der Waals surface area contributed by atoms with Crippen LogP contribution in [-0.4, -0.2) is 47.4 Å². The Labute approximate surface area is 252 Å². The van der Waals surface area contributed by atoms with Crippen molar-refractivity contribution in [3.63, 3.8) is 0 Å². The standard InChI is InChI=1S/C30H33ClFN5O4S/c31-19-10-14-22(15-11-19)37(26(18-8-12-20(32)13-9-18)29(39)34-17-23-7-4-16-41-23)30(40)27-24(33)25(36-42-27)28(38)35-21-5-2-1-3-6-21/h8-15,21,23,26H,1-7,16-17,33H2,(H,34,39)(H,35,38)/t23-,26+/m0/s1. The van der Waals surface area contributed by atoms with Crippen molar-refractivity contribution in [1.29, 1.82) is 0 Å². The highest BCUT2D eigenvalue weighted by Crippen LogP contribution is 2.34. The smallest absolute Gasteiger partial charge is 0.273 e. The number of nitrogens with one attached hydrogen (secondary N) is 2. The second-order valence-electron chi connectivity index (χ2n) is 10.6. The fourth-order valence-corrected chi connectivity index (χ4v) is 6.25. The Morgan fingerprint density at radius 3 is 2.43 bits per heavy atom. The highest BCUT2D eigenvalue weighted by molar-refractivity contribution is 7.09. The Kier molecular flexibility index (Phi) is 9.71. The lowest BCUT2D eigenvalue weighted by Crippen LogP contribution is -2.45. The number of nitrogen functional groups attached to an aromatic ring is 1. The van der Waals surface area contributed by atoms with Gasteiger partial charge < -0.3 is 21.1 Å². The Morgan fingerprint density at radius 2 is 1.76 bits per heavy atom. The van der Waals surface area contributed by atoms with Gasteiger partial charge in [0.2, 0.25) is 5.91 Å². The molecule has 2 fully saturated rings. The van der Waals surface area contributed by atoms with Gasteiger partial charge in [-0.05, 0) is 79.2 Å². The number of amides is 3. The highest BCUT2D eigenvalue weighted by atomic mass is 35.5. The number of ether oxygens (including phenoxy) is 1. The third kappa shape index (κ3) is 6.91. The van der Waals surface area contributed by atoms with Gasteiger partial charge in [-0.1, -0.05) is 43.0 Å². The first-order chi connectivity index (χ1) is 20.3. The lowest BCUT2D eigenvalue weighted by Gasteiger charge is -2.31. The Hall–Kier alpha value is -3.54. The van der Waals surface area contributed by atoms with Crippen LogP contribution in [-0.2, 0) is 9.53 Å². The van der Waals surface area contributed by atoms with Gasteiger partial charge in [-0.3, -0.25) is 19.3 Å². The Balaban J connectivity index is 1.50. The molecule has 1 saturated carbocycles. The normalized spacial score (nSPS) is 17.9.